The molecule has 0 amide bonds. The molecule has 0 bridgehead atoms. The average molecular weight is 315 g/mol. The highest BCUT2D eigenvalue weighted by atomic mass is 16.5. The van der Waals surface area contributed by atoms with E-state index < -0.39 is 18.1 Å². The third-order valence-corrected chi connectivity index (χ3v) is 3.78. The molecule has 5 heteroatoms. The van der Waals surface area contributed by atoms with Crippen LogP contribution in [0.4, 0.5) is 5.69 Å². The van der Waals surface area contributed by atoms with Gasteiger partial charge >= 0.3 is 5.97 Å². The largest absolute Gasteiger partial charge is 0.497 e. The smallest absolute Gasteiger partial charge is 0.337 e. The number of hydrogen-bond donors (Lipinski definition) is 1. The molecule has 0 aliphatic carbocycles. The lowest BCUT2D eigenvalue weighted by molar-refractivity contribution is -0.151. The number of aliphatic hydroxyl groups is 1. The van der Waals surface area contributed by atoms with Crippen molar-refractivity contribution in [3.63, 3.8) is 0 Å². The van der Waals surface area contributed by atoms with Crippen molar-refractivity contribution in [3.8, 4) is 5.75 Å². The van der Waals surface area contributed by atoms with Gasteiger partial charge in [-0.1, -0.05) is 30.3 Å². The van der Waals surface area contributed by atoms with E-state index in [9.17, 15) is 9.90 Å². The van der Waals surface area contributed by atoms with Crippen LogP contribution in [-0.4, -0.2) is 38.4 Å². The summed E-state index contributed by atoms with van der Waals surface area (Å²) in [5.41, 5.74) is 1.67. The van der Waals surface area contributed by atoms with Gasteiger partial charge in [0, 0.05) is 12.7 Å². The molecule has 0 radical (unpaired) electrons. The molecule has 0 aliphatic heterocycles. The molecule has 2 unspecified atom stereocenters. The van der Waals surface area contributed by atoms with Gasteiger partial charge in [-0.2, -0.15) is 0 Å². The van der Waals surface area contributed by atoms with E-state index in [1.165, 1.54) is 7.11 Å². The maximum Gasteiger partial charge on any atom is 0.337 e. The first-order valence-electron chi connectivity index (χ1n) is 7.26. The van der Waals surface area contributed by atoms with Crippen LogP contribution >= 0.6 is 0 Å². The van der Waals surface area contributed by atoms with E-state index in [0.717, 1.165) is 11.3 Å². The molecule has 2 aromatic carbocycles. The second-order valence-corrected chi connectivity index (χ2v) is 5.13. The van der Waals surface area contributed by atoms with Crippen molar-refractivity contribution < 1.29 is 19.4 Å². The Hall–Kier alpha value is -2.53. The van der Waals surface area contributed by atoms with Crippen molar-refractivity contribution in [1.82, 2.24) is 0 Å². The van der Waals surface area contributed by atoms with Crippen LogP contribution in [0, 0.1) is 0 Å². The fourth-order valence-corrected chi connectivity index (χ4v) is 2.49. The number of carbonyl (C=O) groups is 1. The highest BCUT2D eigenvalue weighted by Crippen LogP contribution is 2.30. The first-order valence-corrected chi connectivity index (χ1v) is 7.26. The van der Waals surface area contributed by atoms with Crippen molar-refractivity contribution in [2.24, 2.45) is 0 Å². The van der Waals surface area contributed by atoms with Gasteiger partial charge in [-0.05, 0) is 29.8 Å². The molecule has 0 aromatic heterocycles. The molecule has 0 saturated heterocycles. The molecule has 2 aromatic rings. The quantitative estimate of drug-likeness (QED) is 0.830. The van der Waals surface area contributed by atoms with Crippen LogP contribution in [0.2, 0.25) is 0 Å². The summed E-state index contributed by atoms with van der Waals surface area (Å²) >= 11 is 0. The van der Waals surface area contributed by atoms with E-state index in [1.807, 2.05) is 54.4 Å². The number of methoxy groups -OCH3 is 2. The van der Waals surface area contributed by atoms with Crippen molar-refractivity contribution >= 4 is 11.7 Å². The summed E-state index contributed by atoms with van der Waals surface area (Å²) in [6.07, 6.45) is -1.31. The van der Waals surface area contributed by atoms with Crippen LogP contribution in [0.5, 0.6) is 5.75 Å². The molecule has 0 fully saturated rings. The minimum absolute atomic E-state index is 0.573. The zero-order valence-corrected chi connectivity index (χ0v) is 13.5. The molecular weight excluding hydrogens is 294 g/mol. The summed E-state index contributed by atoms with van der Waals surface area (Å²) in [6, 6.07) is 16.2. The van der Waals surface area contributed by atoms with E-state index in [1.54, 1.807) is 19.2 Å². The third-order valence-electron chi connectivity index (χ3n) is 3.78. The van der Waals surface area contributed by atoms with Gasteiger partial charge in [-0.25, -0.2) is 4.79 Å². The van der Waals surface area contributed by atoms with Crippen LogP contribution in [-0.2, 0) is 9.53 Å². The third kappa shape index (κ3) is 3.81. The van der Waals surface area contributed by atoms with Crippen molar-refractivity contribution in [1.29, 1.82) is 0 Å². The van der Waals surface area contributed by atoms with Crippen LogP contribution in [0.25, 0.3) is 0 Å². The molecule has 23 heavy (non-hydrogen) atoms. The number of benzene rings is 2. The van der Waals surface area contributed by atoms with E-state index in [-0.39, 0.29) is 0 Å². The Morgan fingerprint density at radius 2 is 1.65 bits per heavy atom. The Labute approximate surface area is 136 Å². The van der Waals surface area contributed by atoms with Crippen molar-refractivity contribution in [3.05, 3.63) is 60.2 Å². The van der Waals surface area contributed by atoms with E-state index in [2.05, 4.69) is 0 Å². The maximum absolute atomic E-state index is 11.9. The predicted octanol–water partition coefficient (Wildman–Crippen LogP) is 2.41. The second-order valence-electron chi connectivity index (χ2n) is 5.13. The molecule has 5 nitrogen and oxygen atoms in total. The van der Waals surface area contributed by atoms with Gasteiger partial charge in [0.1, 0.15) is 5.75 Å². The molecule has 1 N–H and O–H groups in total. The van der Waals surface area contributed by atoms with Gasteiger partial charge in [-0.3, -0.25) is 0 Å². The first-order chi connectivity index (χ1) is 11.1. The summed E-state index contributed by atoms with van der Waals surface area (Å²) in [6.45, 7) is 0. The Kier molecular flexibility index (Phi) is 5.60. The number of para-hydroxylation sites is 1. The van der Waals surface area contributed by atoms with E-state index in [4.69, 9.17) is 9.47 Å². The lowest BCUT2D eigenvalue weighted by Gasteiger charge is -2.32. The number of carbonyl (C=O) groups excluding carboxylic acids is 1. The number of likely N-dealkylation sites (N-methyl/N-ethyl adjacent to an activating group) is 1. The number of ether oxygens (including phenoxy) is 2. The zero-order valence-electron chi connectivity index (χ0n) is 13.5. The number of hydrogen-bond acceptors (Lipinski definition) is 5. The number of anilines is 1. The summed E-state index contributed by atoms with van der Waals surface area (Å²) in [4.78, 5) is 13.7. The Morgan fingerprint density at radius 1 is 1.04 bits per heavy atom. The summed E-state index contributed by atoms with van der Waals surface area (Å²) in [5.74, 6) is 0.0380. The Morgan fingerprint density at radius 3 is 2.17 bits per heavy atom. The molecule has 122 valence electrons. The molecule has 0 heterocycles. The fourth-order valence-electron chi connectivity index (χ4n) is 2.49. The maximum atomic E-state index is 11.9. The first kappa shape index (κ1) is 16.8. The highest BCUT2D eigenvalue weighted by molar-refractivity contribution is 5.76. The van der Waals surface area contributed by atoms with E-state index >= 15 is 0 Å². The Bertz CT molecular complexity index is 627. The van der Waals surface area contributed by atoms with Crippen LogP contribution in [0.15, 0.2) is 54.6 Å². The van der Waals surface area contributed by atoms with Gasteiger partial charge < -0.3 is 19.5 Å². The van der Waals surface area contributed by atoms with Gasteiger partial charge in [-0.15, -0.1) is 0 Å². The molecule has 0 aliphatic rings. The van der Waals surface area contributed by atoms with E-state index in [0.29, 0.717) is 5.75 Å². The minimum Gasteiger partial charge on any atom is -0.497 e. The monoisotopic (exact) mass is 315 g/mol. The molecule has 0 spiro atoms. The summed E-state index contributed by atoms with van der Waals surface area (Å²) in [5, 5.41) is 10.4. The van der Waals surface area contributed by atoms with Gasteiger partial charge in [0.25, 0.3) is 0 Å². The molecule has 2 atom stereocenters. The van der Waals surface area contributed by atoms with Gasteiger partial charge in [0.05, 0.1) is 20.3 Å². The molecule has 0 saturated carbocycles. The van der Waals surface area contributed by atoms with Crippen LogP contribution in [0.1, 0.15) is 11.6 Å². The molecular formula is C18H21NO4. The van der Waals surface area contributed by atoms with Gasteiger partial charge in [0.2, 0.25) is 0 Å². The average Bonchev–Trinajstić information content (AvgIpc) is 2.62. The minimum atomic E-state index is -1.31. The summed E-state index contributed by atoms with van der Waals surface area (Å²) < 4.78 is 9.86. The highest BCUT2D eigenvalue weighted by Gasteiger charge is 2.32. The van der Waals surface area contributed by atoms with Gasteiger partial charge in [0.15, 0.2) is 6.10 Å². The number of aliphatic hydroxyl groups excluding tert-OH is 1. The van der Waals surface area contributed by atoms with Crippen molar-refractivity contribution in [2.45, 2.75) is 12.1 Å². The normalized spacial score (nSPS) is 13.0. The predicted molar refractivity (Wildman–Crippen MR) is 88.6 cm³/mol. The SMILES string of the molecule is COC(=O)C(O)C(c1ccc(OC)cc1)N(C)c1ccccc1. The second kappa shape index (κ2) is 7.65. The lowest BCUT2D eigenvalue weighted by Crippen LogP contribution is -2.39. The zero-order chi connectivity index (χ0) is 16.8. The number of esters is 1. The fraction of sp³-hybridized carbons (Fsp3) is 0.278. The number of rotatable bonds is 6. The lowest BCUT2D eigenvalue weighted by atomic mass is 9.99. The molecule has 2 rings (SSSR count). The number of nitrogens with zero attached hydrogens (tertiary/aromatic N) is 1. The van der Waals surface area contributed by atoms with Crippen LogP contribution in [0.3, 0.4) is 0 Å². The van der Waals surface area contributed by atoms with Crippen molar-refractivity contribution in [2.75, 3.05) is 26.2 Å². The Balaban J connectivity index is 2.40. The standard InChI is InChI=1S/C18H21NO4/c1-19(14-7-5-4-6-8-14)16(17(20)18(21)23-3)13-9-11-15(22-2)12-10-13/h4-12,16-17,20H,1-3H3. The topological polar surface area (TPSA) is 59.0 Å². The van der Waals surface area contributed by atoms with Crippen LogP contribution < -0.4 is 9.64 Å². The summed E-state index contributed by atoms with van der Waals surface area (Å²) in [7, 11) is 4.68.